The number of benzene rings is 2. The van der Waals surface area contributed by atoms with Gasteiger partial charge in [0, 0.05) is 22.5 Å². The van der Waals surface area contributed by atoms with E-state index in [0.29, 0.717) is 22.9 Å². The van der Waals surface area contributed by atoms with Crippen LogP contribution < -0.4 is 14.2 Å². The fourth-order valence-corrected chi connectivity index (χ4v) is 3.30. The molecule has 0 aliphatic heterocycles. The van der Waals surface area contributed by atoms with Crippen LogP contribution in [0, 0.1) is 0 Å². The van der Waals surface area contributed by atoms with E-state index in [1.54, 1.807) is 33.5 Å². The van der Waals surface area contributed by atoms with E-state index in [1.807, 2.05) is 18.2 Å². The molecule has 0 saturated carbocycles. The number of fused-ring (bicyclic) bond motifs is 1. The van der Waals surface area contributed by atoms with Crippen molar-refractivity contribution >= 4 is 16.9 Å². The summed E-state index contributed by atoms with van der Waals surface area (Å²) in [5, 5.41) is 10.4. The largest absolute Gasteiger partial charge is 0.496 e. The third kappa shape index (κ3) is 3.43. The molecule has 0 bridgehead atoms. The number of carboxylic acid groups (broad SMARTS) is 1. The van der Waals surface area contributed by atoms with Crippen LogP contribution in [0.4, 0.5) is 0 Å². The van der Waals surface area contributed by atoms with Gasteiger partial charge in [0.15, 0.2) is 11.5 Å². The number of hydrogen-bond acceptors (Lipinski definition) is 4. The van der Waals surface area contributed by atoms with Crippen molar-refractivity contribution in [2.24, 2.45) is 0 Å². The Morgan fingerprint density at radius 1 is 1.00 bits per heavy atom. The number of aromatic nitrogens is 1. The van der Waals surface area contributed by atoms with Crippen LogP contribution in [0.15, 0.2) is 30.3 Å². The van der Waals surface area contributed by atoms with E-state index >= 15 is 0 Å². The highest BCUT2D eigenvalue weighted by molar-refractivity contribution is 5.95. The first-order valence-electron chi connectivity index (χ1n) is 8.68. The van der Waals surface area contributed by atoms with Crippen LogP contribution in [0.2, 0.25) is 0 Å². The molecule has 3 rings (SSSR count). The molecule has 0 spiro atoms. The molecule has 1 heterocycles. The number of carbonyl (C=O) groups is 1. The Hall–Kier alpha value is -3.15. The molecule has 6 nitrogen and oxygen atoms in total. The number of aliphatic carboxylic acids is 1. The summed E-state index contributed by atoms with van der Waals surface area (Å²) in [5.41, 5.74) is 4.19. The molecule has 0 aliphatic rings. The number of nitrogens with one attached hydrogen (secondary N) is 1. The molecule has 3 aromatic rings. The minimum atomic E-state index is -0.890. The first-order valence-corrected chi connectivity index (χ1v) is 8.68. The molecule has 0 unspecified atom stereocenters. The number of carboxylic acids is 1. The zero-order chi connectivity index (χ0) is 19.6. The van der Waals surface area contributed by atoms with Crippen molar-refractivity contribution < 1.29 is 24.1 Å². The van der Waals surface area contributed by atoms with Gasteiger partial charge in [0.25, 0.3) is 0 Å². The van der Waals surface area contributed by atoms with Crippen molar-refractivity contribution in [3.05, 3.63) is 41.5 Å². The van der Waals surface area contributed by atoms with Gasteiger partial charge in [-0.15, -0.1) is 0 Å². The average Bonchev–Trinajstić information content (AvgIpc) is 3.03. The van der Waals surface area contributed by atoms with Crippen molar-refractivity contribution in [2.75, 3.05) is 21.3 Å². The maximum atomic E-state index is 11.5. The standard InChI is InChI=1S/C21H23NO5/c1-5-12-6-7-16-13(8-12)14(10-20(23)24)21(22-16)15-9-18(26-3)19(27-4)11-17(15)25-2/h6-9,11,22H,5,10H2,1-4H3,(H,23,24). The second kappa shape index (κ2) is 7.61. The molecule has 6 heteroatoms. The first kappa shape index (κ1) is 18.6. The van der Waals surface area contributed by atoms with Crippen molar-refractivity contribution in [2.45, 2.75) is 19.8 Å². The van der Waals surface area contributed by atoms with Crippen LogP contribution in [0.25, 0.3) is 22.2 Å². The molecule has 2 N–H and O–H groups in total. The van der Waals surface area contributed by atoms with Gasteiger partial charge in [0.2, 0.25) is 0 Å². The maximum absolute atomic E-state index is 11.5. The number of rotatable bonds is 7. The first-order chi connectivity index (χ1) is 13.0. The lowest BCUT2D eigenvalue weighted by molar-refractivity contribution is -0.136. The zero-order valence-electron chi connectivity index (χ0n) is 15.9. The molecule has 0 amide bonds. The lowest BCUT2D eigenvalue weighted by Crippen LogP contribution is -2.02. The average molecular weight is 369 g/mol. The van der Waals surface area contributed by atoms with Crippen LogP contribution in [0.1, 0.15) is 18.1 Å². The van der Waals surface area contributed by atoms with Gasteiger partial charge < -0.3 is 24.3 Å². The fraction of sp³-hybridized carbons (Fsp3) is 0.286. The van der Waals surface area contributed by atoms with E-state index in [0.717, 1.165) is 34.0 Å². The van der Waals surface area contributed by atoms with Crippen LogP contribution in [-0.2, 0) is 17.6 Å². The van der Waals surface area contributed by atoms with Crippen LogP contribution >= 0.6 is 0 Å². The van der Waals surface area contributed by atoms with Crippen LogP contribution in [0.5, 0.6) is 17.2 Å². The summed E-state index contributed by atoms with van der Waals surface area (Å²) in [6.07, 6.45) is 0.780. The van der Waals surface area contributed by atoms with E-state index in [9.17, 15) is 9.90 Å². The highest BCUT2D eigenvalue weighted by atomic mass is 16.5. The molecule has 0 radical (unpaired) electrons. The Balaban J connectivity index is 2.31. The van der Waals surface area contributed by atoms with E-state index in [-0.39, 0.29) is 6.42 Å². The summed E-state index contributed by atoms with van der Waals surface area (Å²) in [7, 11) is 4.69. The fourth-order valence-electron chi connectivity index (χ4n) is 3.30. The van der Waals surface area contributed by atoms with Crippen LogP contribution in [0.3, 0.4) is 0 Å². The summed E-state index contributed by atoms with van der Waals surface area (Å²) in [4.78, 5) is 14.9. The molecular weight excluding hydrogens is 346 g/mol. The van der Waals surface area contributed by atoms with Crippen molar-refractivity contribution in [3.63, 3.8) is 0 Å². The number of ether oxygens (including phenoxy) is 3. The molecule has 1 aromatic heterocycles. The summed E-state index contributed by atoms with van der Waals surface area (Å²) in [6, 6.07) is 9.60. The van der Waals surface area contributed by atoms with Crippen molar-refractivity contribution in [1.29, 1.82) is 0 Å². The molecule has 0 fully saturated rings. The van der Waals surface area contributed by atoms with E-state index in [4.69, 9.17) is 14.2 Å². The van der Waals surface area contributed by atoms with E-state index < -0.39 is 5.97 Å². The van der Waals surface area contributed by atoms with Crippen molar-refractivity contribution in [1.82, 2.24) is 4.98 Å². The smallest absolute Gasteiger partial charge is 0.307 e. The van der Waals surface area contributed by atoms with Gasteiger partial charge in [0.05, 0.1) is 33.4 Å². The van der Waals surface area contributed by atoms with Gasteiger partial charge in [-0.2, -0.15) is 0 Å². The second-order valence-electron chi connectivity index (χ2n) is 6.19. The molecule has 142 valence electrons. The zero-order valence-corrected chi connectivity index (χ0v) is 15.9. The summed E-state index contributed by atoms with van der Waals surface area (Å²) >= 11 is 0. The van der Waals surface area contributed by atoms with Gasteiger partial charge >= 0.3 is 5.97 Å². The van der Waals surface area contributed by atoms with Crippen molar-refractivity contribution in [3.8, 4) is 28.5 Å². The lowest BCUT2D eigenvalue weighted by atomic mass is 10.00. The number of methoxy groups -OCH3 is 3. The molecule has 0 aliphatic carbocycles. The van der Waals surface area contributed by atoms with Gasteiger partial charge in [-0.25, -0.2) is 0 Å². The topological polar surface area (TPSA) is 80.8 Å². The Morgan fingerprint density at radius 3 is 2.26 bits per heavy atom. The number of H-pyrrole nitrogens is 1. The third-order valence-corrected chi connectivity index (χ3v) is 4.68. The molecular formula is C21H23NO5. The van der Waals surface area contributed by atoms with Gasteiger partial charge in [-0.1, -0.05) is 13.0 Å². The monoisotopic (exact) mass is 369 g/mol. The molecule has 27 heavy (non-hydrogen) atoms. The number of aryl methyl sites for hydroxylation is 1. The summed E-state index contributed by atoms with van der Waals surface area (Å²) < 4.78 is 16.3. The quantitative estimate of drug-likeness (QED) is 0.657. The normalized spacial score (nSPS) is 10.8. The predicted molar refractivity (Wildman–Crippen MR) is 104 cm³/mol. The highest BCUT2D eigenvalue weighted by Crippen LogP contribution is 2.42. The molecule has 2 aromatic carbocycles. The Bertz CT molecular complexity index is 990. The predicted octanol–water partition coefficient (Wildman–Crippen LogP) is 4.05. The Kier molecular flexibility index (Phi) is 5.26. The third-order valence-electron chi connectivity index (χ3n) is 4.68. The maximum Gasteiger partial charge on any atom is 0.307 e. The lowest BCUT2D eigenvalue weighted by Gasteiger charge is -2.14. The summed E-state index contributed by atoms with van der Waals surface area (Å²) in [5.74, 6) is 0.768. The van der Waals surface area contributed by atoms with Crippen LogP contribution in [-0.4, -0.2) is 37.4 Å². The minimum absolute atomic E-state index is 0.0972. The molecule has 0 atom stereocenters. The minimum Gasteiger partial charge on any atom is -0.496 e. The van der Waals surface area contributed by atoms with E-state index in [2.05, 4.69) is 11.9 Å². The molecule has 0 saturated heterocycles. The number of aromatic amines is 1. The Labute approximate surface area is 157 Å². The highest BCUT2D eigenvalue weighted by Gasteiger charge is 2.21. The van der Waals surface area contributed by atoms with Gasteiger partial charge in [-0.05, 0) is 35.7 Å². The second-order valence-corrected chi connectivity index (χ2v) is 6.19. The van der Waals surface area contributed by atoms with E-state index in [1.165, 1.54) is 0 Å². The SMILES string of the molecule is CCc1ccc2[nH]c(-c3cc(OC)c(OC)cc3OC)c(CC(=O)O)c2c1. The number of hydrogen-bond donors (Lipinski definition) is 2. The Morgan fingerprint density at radius 2 is 1.67 bits per heavy atom. The van der Waals surface area contributed by atoms with Gasteiger partial charge in [-0.3, -0.25) is 4.79 Å². The summed E-state index contributed by atoms with van der Waals surface area (Å²) in [6.45, 7) is 2.07. The van der Waals surface area contributed by atoms with Gasteiger partial charge in [0.1, 0.15) is 5.75 Å².